The number of hydrogen-bond acceptors (Lipinski definition) is 6. The summed E-state index contributed by atoms with van der Waals surface area (Å²) >= 11 is 7.51. The molecule has 3 aromatic heterocycles. The normalized spacial score (nSPS) is 12.2. The van der Waals surface area contributed by atoms with Gasteiger partial charge in [-0.2, -0.15) is 9.50 Å². The molecule has 0 bridgehead atoms. The van der Waals surface area contributed by atoms with E-state index in [2.05, 4.69) is 17.0 Å². The molecule has 0 amide bonds. The summed E-state index contributed by atoms with van der Waals surface area (Å²) in [7, 11) is 0. The van der Waals surface area contributed by atoms with E-state index in [4.69, 9.17) is 20.8 Å². The van der Waals surface area contributed by atoms with Crippen LogP contribution in [0, 0.1) is 0 Å². The van der Waals surface area contributed by atoms with Crippen molar-refractivity contribution in [2.75, 3.05) is 6.61 Å². The molecule has 0 saturated carbocycles. The van der Waals surface area contributed by atoms with Crippen molar-refractivity contribution in [3.8, 4) is 17.1 Å². The third-order valence-electron chi connectivity index (χ3n) is 5.02. The van der Waals surface area contributed by atoms with Crippen molar-refractivity contribution >= 4 is 46.1 Å². The van der Waals surface area contributed by atoms with Gasteiger partial charge in [0.2, 0.25) is 4.96 Å². The molecular weight excluding hydrogens is 470 g/mol. The number of nitrogens with zero attached hydrogens (tertiary/aromatic N) is 3. The van der Waals surface area contributed by atoms with Crippen molar-refractivity contribution in [2.24, 2.45) is 0 Å². The van der Waals surface area contributed by atoms with Crippen molar-refractivity contribution in [3.05, 3.63) is 97.7 Å². The Bertz CT molecular complexity index is 1580. The molecule has 0 atom stereocenters. The Hall–Kier alpha value is -3.68. The third kappa shape index (κ3) is 4.66. The summed E-state index contributed by atoms with van der Waals surface area (Å²) in [5, 5.41) is 4.94. The van der Waals surface area contributed by atoms with Gasteiger partial charge in [-0.05, 0) is 54.5 Å². The maximum absolute atomic E-state index is 12.8. The molecule has 170 valence electrons. The maximum Gasteiger partial charge on any atom is 0.291 e. The Morgan fingerprint density at radius 1 is 1.09 bits per heavy atom. The molecule has 0 saturated heterocycles. The SMILES string of the molecule is CCCOc1ccc(/C=C/c2nc3s/c(=C\c4ccc(-c5ccccc5Cl)o4)c(=O)n3n2)cc1. The van der Waals surface area contributed by atoms with Crippen molar-refractivity contribution in [2.45, 2.75) is 13.3 Å². The fourth-order valence-corrected chi connectivity index (χ4v) is 4.47. The Kier molecular flexibility index (Phi) is 6.29. The van der Waals surface area contributed by atoms with E-state index in [1.807, 2.05) is 60.7 Å². The van der Waals surface area contributed by atoms with Crippen molar-refractivity contribution in [1.29, 1.82) is 0 Å². The van der Waals surface area contributed by atoms with Crippen LogP contribution in [0.4, 0.5) is 0 Å². The van der Waals surface area contributed by atoms with Gasteiger partial charge in [-0.15, -0.1) is 5.10 Å². The molecule has 0 aliphatic heterocycles. The number of aromatic nitrogens is 3. The molecule has 5 rings (SSSR count). The summed E-state index contributed by atoms with van der Waals surface area (Å²) in [4.78, 5) is 17.8. The number of ether oxygens (including phenoxy) is 1. The average Bonchev–Trinajstić information content (AvgIpc) is 3.55. The van der Waals surface area contributed by atoms with Crippen LogP contribution in [0.1, 0.15) is 30.5 Å². The van der Waals surface area contributed by atoms with Crippen LogP contribution in [-0.2, 0) is 0 Å². The van der Waals surface area contributed by atoms with Crippen LogP contribution in [0.25, 0.3) is 34.5 Å². The molecular formula is C26H20ClN3O3S. The fourth-order valence-electron chi connectivity index (χ4n) is 3.35. The smallest absolute Gasteiger partial charge is 0.291 e. The highest BCUT2D eigenvalue weighted by Gasteiger charge is 2.11. The highest BCUT2D eigenvalue weighted by molar-refractivity contribution is 7.15. The van der Waals surface area contributed by atoms with Gasteiger partial charge >= 0.3 is 0 Å². The highest BCUT2D eigenvalue weighted by atomic mass is 35.5. The summed E-state index contributed by atoms with van der Waals surface area (Å²) in [5.41, 5.74) is 1.55. The molecule has 0 radical (unpaired) electrons. The summed E-state index contributed by atoms with van der Waals surface area (Å²) < 4.78 is 13.3. The van der Waals surface area contributed by atoms with E-state index < -0.39 is 0 Å². The van der Waals surface area contributed by atoms with Crippen LogP contribution in [-0.4, -0.2) is 21.2 Å². The maximum atomic E-state index is 12.8. The van der Waals surface area contributed by atoms with Crippen LogP contribution in [0.15, 0.2) is 69.9 Å². The zero-order valence-electron chi connectivity index (χ0n) is 18.3. The minimum absolute atomic E-state index is 0.236. The summed E-state index contributed by atoms with van der Waals surface area (Å²) in [6.45, 7) is 2.77. The summed E-state index contributed by atoms with van der Waals surface area (Å²) in [5.74, 6) is 2.51. The standard InChI is InChI=1S/C26H20ClN3O3S/c1-2-15-32-18-10-7-17(8-11-18)9-14-24-28-26-30(29-24)25(31)23(34-26)16-19-12-13-22(33-19)20-5-3-4-6-21(20)27/h3-14,16H,2,15H2,1H3/b14-9+,23-16-. The van der Waals surface area contributed by atoms with E-state index >= 15 is 0 Å². The first kappa shape index (κ1) is 22.1. The molecule has 2 aromatic carbocycles. The average molecular weight is 490 g/mol. The Balaban J connectivity index is 1.36. The topological polar surface area (TPSA) is 69.6 Å². The molecule has 0 aliphatic rings. The predicted octanol–water partition coefficient (Wildman–Crippen LogP) is 5.57. The molecule has 0 N–H and O–H groups in total. The Labute approximate surface area is 204 Å². The van der Waals surface area contributed by atoms with E-state index in [-0.39, 0.29) is 5.56 Å². The zero-order chi connectivity index (χ0) is 23.5. The van der Waals surface area contributed by atoms with Gasteiger partial charge in [-0.3, -0.25) is 4.79 Å². The molecule has 8 heteroatoms. The third-order valence-corrected chi connectivity index (χ3v) is 6.30. The lowest BCUT2D eigenvalue weighted by Crippen LogP contribution is -2.23. The van der Waals surface area contributed by atoms with Gasteiger partial charge in [0.05, 0.1) is 11.6 Å². The lowest BCUT2D eigenvalue weighted by molar-refractivity contribution is 0.317. The molecule has 5 aromatic rings. The molecule has 0 fully saturated rings. The second-order valence-corrected chi connectivity index (χ2v) is 8.93. The zero-order valence-corrected chi connectivity index (χ0v) is 19.8. The highest BCUT2D eigenvalue weighted by Crippen LogP contribution is 2.29. The van der Waals surface area contributed by atoms with Gasteiger partial charge in [0.25, 0.3) is 5.56 Å². The number of furan rings is 1. The Morgan fingerprint density at radius 3 is 2.68 bits per heavy atom. The summed E-state index contributed by atoms with van der Waals surface area (Å²) in [6.07, 6.45) is 6.35. The number of rotatable bonds is 7. The Morgan fingerprint density at radius 2 is 1.91 bits per heavy atom. The molecule has 0 spiro atoms. The van der Waals surface area contributed by atoms with Crippen LogP contribution in [0.5, 0.6) is 5.75 Å². The number of thiazole rings is 1. The van der Waals surface area contributed by atoms with E-state index in [0.29, 0.717) is 38.5 Å². The molecule has 0 unspecified atom stereocenters. The van der Waals surface area contributed by atoms with Gasteiger partial charge < -0.3 is 9.15 Å². The van der Waals surface area contributed by atoms with Crippen LogP contribution < -0.4 is 14.8 Å². The lowest BCUT2D eigenvalue weighted by Gasteiger charge is -2.03. The number of hydrogen-bond donors (Lipinski definition) is 0. The van der Waals surface area contributed by atoms with E-state index in [0.717, 1.165) is 23.3 Å². The largest absolute Gasteiger partial charge is 0.494 e. The van der Waals surface area contributed by atoms with E-state index in [1.54, 1.807) is 18.2 Å². The number of benzene rings is 2. The molecule has 0 aliphatic carbocycles. The second-order valence-electron chi connectivity index (χ2n) is 7.51. The summed E-state index contributed by atoms with van der Waals surface area (Å²) in [6, 6.07) is 18.9. The van der Waals surface area contributed by atoms with Gasteiger partial charge in [-0.1, -0.05) is 60.2 Å². The van der Waals surface area contributed by atoms with Crippen LogP contribution in [0.3, 0.4) is 0 Å². The monoisotopic (exact) mass is 489 g/mol. The molecule has 34 heavy (non-hydrogen) atoms. The number of fused-ring (bicyclic) bond motifs is 1. The van der Waals surface area contributed by atoms with E-state index in [9.17, 15) is 4.79 Å². The quantitative estimate of drug-likeness (QED) is 0.299. The first-order chi connectivity index (χ1) is 16.6. The van der Waals surface area contributed by atoms with E-state index in [1.165, 1.54) is 15.9 Å². The first-order valence-electron chi connectivity index (χ1n) is 10.8. The van der Waals surface area contributed by atoms with Crippen molar-refractivity contribution < 1.29 is 9.15 Å². The minimum Gasteiger partial charge on any atom is -0.494 e. The number of halogens is 1. The minimum atomic E-state index is -0.236. The predicted molar refractivity (Wildman–Crippen MR) is 136 cm³/mol. The second kappa shape index (κ2) is 9.67. The van der Waals surface area contributed by atoms with Gasteiger partial charge in [0, 0.05) is 11.6 Å². The van der Waals surface area contributed by atoms with Crippen molar-refractivity contribution in [1.82, 2.24) is 14.6 Å². The van der Waals surface area contributed by atoms with Gasteiger partial charge in [-0.25, -0.2) is 0 Å². The van der Waals surface area contributed by atoms with Gasteiger partial charge in [0.1, 0.15) is 21.8 Å². The first-order valence-corrected chi connectivity index (χ1v) is 12.0. The van der Waals surface area contributed by atoms with Crippen LogP contribution >= 0.6 is 22.9 Å². The molecule has 3 heterocycles. The fraction of sp³-hybridized carbons (Fsp3) is 0.115. The lowest BCUT2D eigenvalue weighted by atomic mass is 10.2. The van der Waals surface area contributed by atoms with Gasteiger partial charge in [0.15, 0.2) is 5.82 Å². The van der Waals surface area contributed by atoms with Crippen molar-refractivity contribution in [3.63, 3.8) is 0 Å². The molecule has 6 nitrogen and oxygen atoms in total. The van der Waals surface area contributed by atoms with Crippen LogP contribution in [0.2, 0.25) is 5.02 Å².